The van der Waals surface area contributed by atoms with Crippen LogP contribution in [0.15, 0.2) is 5.82 Å². The largest absolute Gasteiger partial charge is 0.616 e. The Morgan fingerprint density at radius 2 is 2.14 bits per heavy atom. The standard InChI is InChI=1S/C3HO3P/c4-1-2-7(6)3-5/h2H. The number of rotatable bonds is 1. The van der Waals surface area contributed by atoms with Gasteiger partial charge in [-0.3, -0.25) is 0 Å². The molecule has 1 atom stereocenters. The molecule has 4 heteroatoms. The van der Waals surface area contributed by atoms with E-state index in [1.807, 2.05) is 0 Å². The molecule has 1 unspecified atom stereocenters. The topological polar surface area (TPSA) is 57.2 Å². The predicted molar refractivity (Wildman–Crippen MR) is 22.9 cm³/mol. The zero-order valence-electron chi connectivity index (χ0n) is 3.25. The Hall–Kier alpha value is -0.710. The summed E-state index contributed by atoms with van der Waals surface area (Å²) in [7, 11) is -2.18. The Morgan fingerprint density at radius 1 is 1.57 bits per heavy atom. The van der Waals surface area contributed by atoms with Crippen LogP contribution in [-0.4, -0.2) is 11.6 Å². The van der Waals surface area contributed by atoms with E-state index in [0.717, 1.165) is 5.66 Å². The van der Waals surface area contributed by atoms with Gasteiger partial charge in [0, 0.05) is 0 Å². The first-order valence-electron chi connectivity index (χ1n) is 1.36. The molecule has 0 rings (SSSR count). The van der Waals surface area contributed by atoms with E-state index in [1.54, 1.807) is 0 Å². The van der Waals surface area contributed by atoms with Gasteiger partial charge in [-0.15, -0.1) is 0 Å². The average Bonchev–Trinajstić information content (AvgIpc) is 1.68. The highest BCUT2D eigenvalue weighted by atomic mass is 31.1. The first kappa shape index (κ1) is 6.29. The van der Waals surface area contributed by atoms with Gasteiger partial charge in [0.2, 0.25) is 5.82 Å². The van der Waals surface area contributed by atoms with E-state index in [0.29, 0.717) is 5.82 Å². The molecule has 7 heavy (non-hydrogen) atoms. The van der Waals surface area contributed by atoms with Crippen molar-refractivity contribution in [1.82, 2.24) is 0 Å². The summed E-state index contributed by atoms with van der Waals surface area (Å²) in [5.74, 6) is 1.82. The first-order chi connectivity index (χ1) is 3.31. The van der Waals surface area contributed by atoms with Gasteiger partial charge >= 0.3 is 5.66 Å². The molecular weight excluding hydrogens is 115 g/mol. The molecule has 36 valence electrons. The van der Waals surface area contributed by atoms with Crippen LogP contribution in [0.25, 0.3) is 0 Å². The maximum Gasteiger partial charge on any atom is 0.333 e. The van der Waals surface area contributed by atoms with Crippen LogP contribution >= 0.6 is 7.77 Å². The van der Waals surface area contributed by atoms with Crippen LogP contribution in [0.2, 0.25) is 0 Å². The van der Waals surface area contributed by atoms with Crippen molar-refractivity contribution < 1.29 is 14.5 Å². The Labute approximate surface area is 40.7 Å². The van der Waals surface area contributed by atoms with Crippen LogP contribution in [0.1, 0.15) is 0 Å². The molecule has 0 aromatic carbocycles. The third kappa shape index (κ3) is 3.11. The van der Waals surface area contributed by atoms with Gasteiger partial charge in [0.25, 0.3) is 0 Å². The van der Waals surface area contributed by atoms with Gasteiger partial charge in [-0.2, -0.15) is 4.79 Å². The molecule has 0 aromatic rings. The lowest BCUT2D eigenvalue weighted by Crippen LogP contribution is -1.81. The van der Waals surface area contributed by atoms with Gasteiger partial charge < -0.3 is 4.89 Å². The molecule has 0 bridgehead atoms. The fourth-order valence-corrected chi connectivity index (χ4v) is 0.223. The molecule has 3 nitrogen and oxygen atoms in total. The molecule has 0 aliphatic heterocycles. The lowest BCUT2D eigenvalue weighted by molar-refractivity contribution is -0.150. The Balaban J connectivity index is 4.10. The Bertz CT molecular complexity index is 150. The minimum atomic E-state index is -2.18. The van der Waals surface area contributed by atoms with Crippen molar-refractivity contribution in [2.24, 2.45) is 0 Å². The lowest BCUT2D eigenvalue weighted by Gasteiger charge is -1.68. The minimum absolute atomic E-state index is 0.627. The van der Waals surface area contributed by atoms with Gasteiger partial charge in [0.15, 0.2) is 13.7 Å². The van der Waals surface area contributed by atoms with Crippen LogP contribution in [0.5, 0.6) is 0 Å². The van der Waals surface area contributed by atoms with E-state index in [2.05, 4.69) is 0 Å². The van der Waals surface area contributed by atoms with Crippen LogP contribution in [0, 0.1) is 0 Å². The number of carbonyl (C=O) groups excluding carboxylic acids is 2. The highest BCUT2D eigenvalue weighted by Crippen LogP contribution is 2.03. The quantitative estimate of drug-likeness (QED) is 0.331. The summed E-state index contributed by atoms with van der Waals surface area (Å²) in [6.07, 6.45) is 0. The fraction of sp³-hybridized carbons (Fsp3) is 0. The van der Waals surface area contributed by atoms with Gasteiger partial charge in [0.1, 0.15) is 0 Å². The molecule has 0 heterocycles. The Morgan fingerprint density at radius 3 is 2.29 bits per heavy atom. The monoisotopic (exact) mass is 116 g/mol. The van der Waals surface area contributed by atoms with Gasteiger partial charge in [-0.05, 0) is 0 Å². The van der Waals surface area contributed by atoms with E-state index in [9.17, 15) is 14.5 Å². The van der Waals surface area contributed by atoms with Crippen molar-refractivity contribution in [3.63, 3.8) is 0 Å². The van der Waals surface area contributed by atoms with Gasteiger partial charge in [-0.25, -0.2) is 4.79 Å². The second kappa shape index (κ2) is 3.48. The predicted octanol–water partition coefficient (Wildman–Crippen LogP) is -0.844. The van der Waals surface area contributed by atoms with Crippen molar-refractivity contribution in [2.45, 2.75) is 0 Å². The zero-order chi connectivity index (χ0) is 5.70. The Kier molecular flexibility index (Phi) is 3.13. The molecule has 0 fully saturated rings. The van der Waals surface area contributed by atoms with Crippen molar-refractivity contribution in [3.05, 3.63) is 5.82 Å². The van der Waals surface area contributed by atoms with Gasteiger partial charge in [0.05, 0.1) is 0 Å². The summed E-state index contributed by atoms with van der Waals surface area (Å²) >= 11 is 0. The smallest absolute Gasteiger partial charge is 0.333 e. The van der Waals surface area contributed by atoms with E-state index < -0.39 is 7.77 Å². The maximum absolute atomic E-state index is 9.82. The normalized spacial score (nSPS) is 8.43. The fourth-order valence-electron chi connectivity index (χ4n) is 0.0742. The zero-order valence-corrected chi connectivity index (χ0v) is 4.14. The molecular formula is C3HO3P. The van der Waals surface area contributed by atoms with Crippen LogP contribution in [0.4, 0.5) is 0 Å². The second-order valence-corrected chi connectivity index (χ2v) is 1.76. The van der Waals surface area contributed by atoms with E-state index in [1.165, 1.54) is 5.94 Å². The molecule has 0 aliphatic rings. The highest BCUT2D eigenvalue weighted by molar-refractivity contribution is 7.52. The van der Waals surface area contributed by atoms with Gasteiger partial charge in [-0.1, -0.05) is 0 Å². The summed E-state index contributed by atoms with van der Waals surface area (Å²) in [4.78, 5) is 28.3. The summed E-state index contributed by atoms with van der Waals surface area (Å²) in [6.45, 7) is 0. The molecule has 0 aromatic heterocycles. The minimum Gasteiger partial charge on any atom is -0.616 e. The van der Waals surface area contributed by atoms with Crippen molar-refractivity contribution >= 4 is 19.4 Å². The average molecular weight is 116 g/mol. The second-order valence-electron chi connectivity index (χ2n) is 0.664. The highest BCUT2D eigenvalue weighted by Gasteiger charge is 1.81. The van der Waals surface area contributed by atoms with Crippen LogP contribution in [-0.2, 0) is 9.59 Å². The summed E-state index contributed by atoms with van der Waals surface area (Å²) < 4.78 is 0. The third-order valence-corrected chi connectivity index (χ3v) is 0.780. The van der Waals surface area contributed by atoms with Crippen LogP contribution in [0.3, 0.4) is 0 Å². The molecule has 0 aliphatic carbocycles. The number of hydrogen-bond donors (Lipinski definition) is 0. The molecule has 0 spiro atoms. The van der Waals surface area contributed by atoms with Crippen LogP contribution < -0.4 is 4.89 Å². The lowest BCUT2D eigenvalue weighted by atomic mass is 11.2. The van der Waals surface area contributed by atoms with E-state index >= 15 is 0 Å². The van der Waals surface area contributed by atoms with E-state index in [-0.39, 0.29) is 0 Å². The SMILES string of the molecule is O=C=C[P+]([O-])=C=O. The number of hydrogen-bond acceptors (Lipinski definition) is 3. The molecule has 0 radical (unpaired) electrons. The van der Waals surface area contributed by atoms with E-state index in [4.69, 9.17) is 0 Å². The maximum atomic E-state index is 9.82. The molecule has 0 N–H and O–H groups in total. The molecule has 0 saturated heterocycles. The van der Waals surface area contributed by atoms with Crippen molar-refractivity contribution in [1.29, 1.82) is 0 Å². The molecule has 0 saturated carbocycles. The summed E-state index contributed by atoms with van der Waals surface area (Å²) in [5.41, 5.74) is 1.11. The first-order valence-corrected chi connectivity index (χ1v) is 2.69. The van der Waals surface area contributed by atoms with Crippen molar-refractivity contribution in [2.75, 3.05) is 0 Å². The van der Waals surface area contributed by atoms with Crippen molar-refractivity contribution in [3.8, 4) is 0 Å². The summed E-state index contributed by atoms with van der Waals surface area (Å²) in [6, 6.07) is 0. The molecule has 0 amide bonds. The summed E-state index contributed by atoms with van der Waals surface area (Å²) in [5, 5.41) is 0. The third-order valence-electron chi connectivity index (χ3n) is 0.260.